The van der Waals surface area contributed by atoms with E-state index in [-0.39, 0.29) is 16.7 Å². The predicted octanol–water partition coefficient (Wildman–Crippen LogP) is 3.10. The third kappa shape index (κ3) is 2.73. The summed E-state index contributed by atoms with van der Waals surface area (Å²) < 4.78 is 41.1. The largest absolute Gasteiger partial charge is 0.400 e. The van der Waals surface area contributed by atoms with E-state index in [1.165, 1.54) is 7.05 Å². The maximum Gasteiger partial charge on any atom is 0.400 e. The number of hydrogen-bond acceptors (Lipinski definition) is 3. The molecule has 2 N–H and O–H groups in total. The van der Waals surface area contributed by atoms with E-state index in [0.29, 0.717) is 5.56 Å². The lowest BCUT2D eigenvalue weighted by Gasteiger charge is -2.29. The highest BCUT2D eigenvalue weighted by atomic mass is 19.4. The Morgan fingerprint density at radius 1 is 1.26 bits per heavy atom. The first kappa shape index (κ1) is 17.5. The molecule has 1 heterocycles. The van der Waals surface area contributed by atoms with Crippen molar-refractivity contribution in [3.05, 3.63) is 39.4 Å². The summed E-state index contributed by atoms with van der Waals surface area (Å²) in [4.78, 5) is 16.8. The quantitative estimate of drug-likeness (QED) is 0.922. The Morgan fingerprint density at radius 2 is 1.83 bits per heavy atom. The lowest BCUT2D eigenvalue weighted by molar-refractivity contribution is -0.183. The van der Waals surface area contributed by atoms with Crippen molar-refractivity contribution in [3.8, 4) is 0 Å². The van der Waals surface area contributed by atoms with Gasteiger partial charge in [0.05, 0.1) is 10.9 Å². The average molecular weight is 327 g/mol. The van der Waals surface area contributed by atoms with Crippen LogP contribution in [0.5, 0.6) is 0 Å². The van der Waals surface area contributed by atoms with Crippen LogP contribution in [0.3, 0.4) is 0 Å². The zero-order chi connectivity index (χ0) is 17.7. The molecule has 1 aromatic carbocycles. The second kappa shape index (κ2) is 5.33. The molecule has 0 fully saturated rings. The number of aromatic nitrogens is 2. The molecule has 0 amide bonds. The minimum absolute atomic E-state index is 0.237. The SMILES string of the molecule is Cc1cc([C@@H](C)N)c2nc(C(C)(C)C(F)(F)F)n(C)c(=O)c2c1. The second-order valence-electron chi connectivity index (χ2n) is 6.46. The summed E-state index contributed by atoms with van der Waals surface area (Å²) in [5.74, 6) is -0.326. The average Bonchev–Trinajstić information content (AvgIpc) is 2.40. The number of nitrogens with zero attached hydrogens (tertiary/aromatic N) is 2. The Balaban J connectivity index is 2.96. The van der Waals surface area contributed by atoms with Gasteiger partial charge in [0.1, 0.15) is 11.2 Å². The Hall–Kier alpha value is -1.89. The van der Waals surface area contributed by atoms with E-state index in [0.717, 1.165) is 24.0 Å². The van der Waals surface area contributed by atoms with Crippen LogP contribution in [0.2, 0.25) is 0 Å². The van der Waals surface area contributed by atoms with Crippen molar-refractivity contribution in [1.29, 1.82) is 0 Å². The number of hydrogen-bond donors (Lipinski definition) is 1. The molecule has 4 nitrogen and oxygen atoms in total. The van der Waals surface area contributed by atoms with Gasteiger partial charge in [-0.15, -0.1) is 0 Å². The van der Waals surface area contributed by atoms with Gasteiger partial charge in [-0.1, -0.05) is 6.07 Å². The summed E-state index contributed by atoms with van der Waals surface area (Å²) in [5, 5.41) is 0.279. The van der Waals surface area contributed by atoms with E-state index in [1.807, 2.05) is 0 Å². The number of aryl methyl sites for hydroxylation is 1. The van der Waals surface area contributed by atoms with Crippen molar-refractivity contribution in [2.45, 2.75) is 45.3 Å². The third-order valence-corrected chi connectivity index (χ3v) is 4.11. The molecule has 0 saturated carbocycles. The van der Waals surface area contributed by atoms with Crippen LogP contribution in [0.15, 0.2) is 16.9 Å². The van der Waals surface area contributed by atoms with Crippen LogP contribution in [0.4, 0.5) is 13.2 Å². The molecule has 0 unspecified atom stereocenters. The highest BCUT2D eigenvalue weighted by Crippen LogP contribution is 2.39. The molecule has 0 spiro atoms. The van der Waals surface area contributed by atoms with Crippen LogP contribution in [0.1, 0.15) is 43.8 Å². The zero-order valence-electron chi connectivity index (χ0n) is 13.7. The molecule has 0 aliphatic heterocycles. The minimum Gasteiger partial charge on any atom is -0.324 e. The number of rotatable bonds is 2. The highest BCUT2D eigenvalue weighted by Gasteiger charge is 2.51. The standard InChI is InChI=1S/C16H20F3N3O/c1-8-6-10(9(2)20)12-11(7-8)13(23)22(5)14(21-12)15(3,4)16(17,18)19/h6-7,9H,20H2,1-5H3/t9-/m1/s1. The second-order valence-corrected chi connectivity index (χ2v) is 6.46. The van der Waals surface area contributed by atoms with Crippen molar-refractivity contribution in [3.63, 3.8) is 0 Å². The van der Waals surface area contributed by atoms with Crippen LogP contribution >= 0.6 is 0 Å². The van der Waals surface area contributed by atoms with Gasteiger partial charge < -0.3 is 5.73 Å². The van der Waals surface area contributed by atoms with Crippen molar-refractivity contribution < 1.29 is 13.2 Å². The van der Waals surface area contributed by atoms with Crippen molar-refractivity contribution >= 4 is 10.9 Å². The number of benzene rings is 1. The maximum absolute atomic E-state index is 13.4. The van der Waals surface area contributed by atoms with Gasteiger partial charge in [0.25, 0.3) is 5.56 Å². The molecule has 0 radical (unpaired) electrons. The van der Waals surface area contributed by atoms with Gasteiger partial charge in [-0.2, -0.15) is 13.2 Å². The monoisotopic (exact) mass is 327 g/mol. The van der Waals surface area contributed by atoms with Gasteiger partial charge >= 0.3 is 6.18 Å². The third-order valence-electron chi connectivity index (χ3n) is 4.11. The molecule has 2 aromatic rings. The fourth-order valence-electron chi connectivity index (χ4n) is 2.59. The van der Waals surface area contributed by atoms with Gasteiger partial charge in [-0.25, -0.2) is 4.98 Å². The minimum atomic E-state index is -4.53. The van der Waals surface area contributed by atoms with Crippen molar-refractivity contribution in [2.24, 2.45) is 12.8 Å². The maximum atomic E-state index is 13.4. The Labute approximate surface area is 132 Å². The fourth-order valence-corrected chi connectivity index (χ4v) is 2.59. The topological polar surface area (TPSA) is 60.9 Å². The first-order chi connectivity index (χ1) is 10.4. The fraction of sp³-hybridized carbons (Fsp3) is 0.500. The van der Waals surface area contributed by atoms with Crippen LogP contribution in [-0.4, -0.2) is 15.7 Å². The summed E-state index contributed by atoms with van der Waals surface area (Å²) in [5.41, 5.74) is 4.76. The van der Waals surface area contributed by atoms with E-state index < -0.39 is 23.2 Å². The molecular formula is C16H20F3N3O. The van der Waals surface area contributed by atoms with Gasteiger partial charge in [0, 0.05) is 13.1 Å². The molecule has 1 aromatic heterocycles. The highest BCUT2D eigenvalue weighted by molar-refractivity contribution is 5.82. The van der Waals surface area contributed by atoms with Crippen LogP contribution in [0, 0.1) is 6.92 Å². The van der Waals surface area contributed by atoms with Crippen LogP contribution in [-0.2, 0) is 12.5 Å². The van der Waals surface area contributed by atoms with Gasteiger partial charge in [-0.05, 0) is 44.9 Å². The number of alkyl halides is 3. The number of fused-ring (bicyclic) bond motifs is 1. The van der Waals surface area contributed by atoms with Crippen LogP contribution in [0.25, 0.3) is 10.9 Å². The summed E-state index contributed by atoms with van der Waals surface area (Å²) in [6.45, 7) is 5.54. The smallest absolute Gasteiger partial charge is 0.324 e. The first-order valence-electron chi connectivity index (χ1n) is 7.22. The lowest BCUT2D eigenvalue weighted by atomic mass is 9.90. The van der Waals surface area contributed by atoms with Gasteiger partial charge in [-0.3, -0.25) is 9.36 Å². The van der Waals surface area contributed by atoms with Gasteiger partial charge in [0.2, 0.25) is 0 Å². The first-order valence-corrected chi connectivity index (χ1v) is 7.22. The molecule has 2 rings (SSSR count). The van der Waals surface area contributed by atoms with E-state index in [4.69, 9.17) is 5.73 Å². The van der Waals surface area contributed by atoms with E-state index in [2.05, 4.69) is 4.98 Å². The molecule has 0 bridgehead atoms. The number of halogens is 3. The summed E-state index contributed by atoms with van der Waals surface area (Å²) in [6.07, 6.45) is -4.53. The molecule has 7 heteroatoms. The van der Waals surface area contributed by atoms with Gasteiger partial charge in [0.15, 0.2) is 0 Å². The Morgan fingerprint density at radius 3 is 2.30 bits per heavy atom. The molecule has 0 aliphatic carbocycles. The van der Waals surface area contributed by atoms with Crippen molar-refractivity contribution in [2.75, 3.05) is 0 Å². The predicted molar refractivity (Wildman–Crippen MR) is 83.4 cm³/mol. The Bertz CT molecular complexity index is 820. The van der Waals surface area contributed by atoms with Crippen molar-refractivity contribution in [1.82, 2.24) is 9.55 Å². The molecular weight excluding hydrogens is 307 g/mol. The zero-order valence-corrected chi connectivity index (χ0v) is 13.7. The Kier molecular flexibility index (Phi) is 4.05. The molecule has 0 saturated heterocycles. The number of nitrogens with two attached hydrogens (primary N) is 1. The summed E-state index contributed by atoms with van der Waals surface area (Å²) >= 11 is 0. The normalized spacial score (nSPS) is 14.3. The summed E-state index contributed by atoms with van der Waals surface area (Å²) in [6, 6.07) is 2.93. The van der Waals surface area contributed by atoms with E-state index >= 15 is 0 Å². The molecule has 1 atom stereocenters. The lowest BCUT2D eigenvalue weighted by Crippen LogP contribution is -2.42. The molecule has 0 aliphatic rings. The van der Waals surface area contributed by atoms with Crippen LogP contribution < -0.4 is 11.3 Å². The van der Waals surface area contributed by atoms with E-state index in [1.54, 1.807) is 26.0 Å². The molecule has 23 heavy (non-hydrogen) atoms. The molecule has 126 valence electrons. The van der Waals surface area contributed by atoms with E-state index in [9.17, 15) is 18.0 Å². The summed E-state index contributed by atoms with van der Waals surface area (Å²) in [7, 11) is 1.31.